The molecule has 0 aliphatic heterocycles. The fourth-order valence-corrected chi connectivity index (χ4v) is 12.4. The fourth-order valence-electron chi connectivity index (χ4n) is 6.88. The fraction of sp³-hybridized carbons (Fsp3) is 0.175. The molecule has 0 unspecified atom stereocenters. The number of carbonyl (C=O) groups is 2. The van der Waals surface area contributed by atoms with Crippen molar-refractivity contribution in [3.63, 3.8) is 0 Å². The molecule has 67 heavy (non-hydrogen) atoms. The first-order valence-electron chi connectivity index (χ1n) is 21.7. The Bertz CT molecular complexity index is 2430. The van der Waals surface area contributed by atoms with Gasteiger partial charge in [-0.2, -0.15) is 0 Å². The van der Waals surface area contributed by atoms with E-state index in [-0.39, 0.29) is 70.1 Å². The molecular formula is C57H61Cu2O6P2+5. The van der Waals surface area contributed by atoms with Crippen molar-refractivity contribution in [3.05, 3.63) is 217 Å². The minimum atomic E-state index is -1.33. The van der Waals surface area contributed by atoms with E-state index in [0.29, 0.717) is 16.7 Å². The maximum absolute atomic E-state index is 13.1. The van der Waals surface area contributed by atoms with Crippen LogP contribution < -0.4 is 31.8 Å². The van der Waals surface area contributed by atoms with Crippen molar-refractivity contribution >= 4 is 76.8 Å². The van der Waals surface area contributed by atoms with Gasteiger partial charge in [0.1, 0.15) is 50.2 Å². The predicted octanol–water partition coefficient (Wildman–Crippen LogP) is 9.77. The third kappa shape index (κ3) is 16.4. The summed E-state index contributed by atoms with van der Waals surface area (Å²) >= 11 is 0. The van der Waals surface area contributed by atoms with Gasteiger partial charge < -0.3 is 9.90 Å². The average Bonchev–Trinajstić information content (AvgIpc) is 3.31. The monoisotopic (exact) mass is 1030 g/mol. The van der Waals surface area contributed by atoms with E-state index in [0.717, 1.165) is 10.6 Å². The van der Waals surface area contributed by atoms with Gasteiger partial charge in [-0.15, -0.1) is 0 Å². The van der Waals surface area contributed by atoms with E-state index in [1.807, 2.05) is 157 Å². The van der Waals surface area contributed by atoms with Gasteiger partial charge in [-0.25, -0.2) is 0 Å². The number of aromatic carboxylic acids is 1. The number of carboxylic acid groups (broad SMARTS) is 1. The molecule has 0 aliphatic rings. The topological polar surface area (TPSA) is 119 Å². The molecule has 0 saturated heterocycles. The quantitative estimate of drug-likeness (QED) is 0.0408. The summed E-state index contributed by atoms with van der Waals surface area (Å²) in [5.74, 6) is -0.244. The number of aliphatic hydroxyl groups excluding tert-OH is 1. The second kappa shape index (κ2) is 26.8. The van der Waals surface area contributed by atoms with Gasteiger partial charge in [0.25, 0.3) is 0 Å². The number of hydrogen-bond acceptors (Lipinski definition) is 2. The minimum absolute atomic E-state index is 0. The Kier molecular flexibility index (Phi) is 22.4. The van der Waals surface area contributed by atoms with Gasteiger partial charge >= 0.3 is 17.5 Å². The molecule has 2 radical (unpaired) electrons. The second-order valence-electron chi connectivity index (χ2n) is 17.6. The van der Waals surface area contributed by atoms with Gasteiger partial charge in [-0.3, -0.25) is 19.2 Å². The molecule has 0 fully saturated rings. The molecule has 0 atom stereocenters. The average molecular weight is 1030 g/mol. The van der Waals surface area contributed by atoms with Gasteiger partial charge in [0.2, 0.25) is 0 Å². The van der Waals surface area contributed by atoms with E-state index in [9.17, 15) is 19.2 Å². The third-order valence-corrected chi connectivity index (χ3v) is 16.3. The summed E-state index contributed by atoms with van der Waals surface area (Å²) in [4.78, 5) is 55.5. The first-order valence-corrected chi connectivity index (χ1v) is 24.7. The molecule has 0 bridgehead atoms. The zero-order valence-electron chi connectivity index (χ0n) is 38.7. The summed E-state index contributed by atoms with van der Waals surface area (Å²) in [6.45, 7) is 11.5. The number of carbonyl (C=O) groups excluding carboxylic acids is 4. The maximum Gasteiger partial charge on any atom is 0.515 e. The SMILES string of the molecule is CC(C)(C)C(=[OH+])CC(=O)c1ccccc1[PH+](c1ccccc1)c1ccccc1.CC(C)(C)C(=[OH+])CC(=O)c1ccccc1[PH+](c1ccccc1)c1ccccc1.OC(=[OH+])c1ccccc1.[Cu].[Cu]. The summed E-state index contributed by atoms with van der Waals surface area (Å²) < 4.78 is 0. The summed E-state index contributed by atoms with van der Waals surface area (Å²) in [7, 11) is -2.67. The standard InChI is InChI=1S/2C25H25O2P.C7H6O2.2Cu/c2*1-25(2,3)24(27)18-22(26)21-16-10-11-17-23(21)28(19-12-6-4-7-13-19)20-14-8-5-9-15-20;8-7(9)6-4-2-1-3-5-6;;/h2*4-17H,18H2,1-3H3;1-5H,(H,8,9);;/p+5. The molecule has 7 aromatic rings. The molecule has 4 N–H and O–H groups in total. The van der Waals surface area contributed by atoms with Crippen LogP contribution in [0.2, 0.25) is 0 Å². The Hall–Kier alpha value is -5.41. The van der Waals surface area contributed by atoms with Crippen molar-refractivity contribution in [1.82, 2.24) is 0 Å². The number of rotatable bonds is 13. The van der Waals surface area contributed by atoms with E-state index < -0.39 is 32.6 Å². The van der Waals surface area contributed by atoms with Crippen molar-refractivity contribution in [1.29, 1.82) is 0 Å². The van der Waals surface area contributed by atoms with Gasteiger partial charge in [0.05, 0.1) is 37.8 Å². The van der Waals surface area contributed by atoms with Crippen LogP contribution in [0.15, 0.2) is 200 Å². The first kappa shape index (κ1) is 55.9. The zero-order chi connectivity index (χ0) is 47.0. The van der Waals surface area contributed by atoms with Crippen LogP contribution in [0, 0.1) is 10.8 Å². The van der Waals surface area contributed by atoms with Gasteiger partial charge in [0, 0.05) is 34.1 Å². The molecule has 0 heterocycles. The van der Waals surface area contributed by atoms with E-state index in [1.54, 1.807) is 24.3 Å². The number of ketones is 4. The smallest absolute Gasteiger partial charge is 0.335 e. The van der Waals surface area contributed by atoms with Crippen LogP contribution in [0.3, 0.4) is 0 Å². The van der Waals surface area contributed by atoms with Crippen LogP contribution in [0.1, 0.15) is 80.7 Å². The first-order chi connectivity index (χ1) is 31.1. The maximum atomic E-state index is 13.1. The van der Waals surface area contributed by atoms with Crippen LogP contribution in [0.5, 0.6) is 0 Å². The van der Waals surface area contributed by atoms with E-state index >= 15 is 0 Å². The molecule has 0 aromatic heterocycles. The van der Waals surface area contributed by atoms with Crippen molar-refractivity contribution in [2.45, 2.75) is 54.4 Å². The molecule has 7 rings (SSSR count). The molecule has 6 nitrogen and oxygen atoms in total. The molecule has 0 spiro atoms. The van der Waals surface area contributed by atoms with Crippen LogP contribution in [0.25, 0.3) is 0 Å². The normalized spacial score (nSPS) is 10.7. The van der Waals surface area contributed by atoms with Crippen LogP contribution in [-0.2, 0) is 34.1 Å². The molecule has 0 saturated carbocycles. The number of benzene rings is 7. The number of carboxylic acids is 1. The van der Waals surface area contributed by atoms with E-state index in [1.165, 1.54) is 21.2 Å². The van der Waals surface area contributed by atoms with Gasteiger partial charge in [-0.1, -0.05) is 115 Å². The largest absolute Gasteiger partial charge is 0.515 e. The van der Waals surface area contributed by atoms with E-state index in [4.69, 9.17) is 9.90 Å². The van der Waals surface area contributed by atoms with Crippen molar-refractivity contribution in [2.24, 2.45) is 10.8 Å². The molecular weight excluding hydrogens is 970 g/mol. The zero-order valence-corrected chi connectivity index (χ0v) is 42.6. The molecule has 0 amide bonds. The summed E-state index contributed by atoms with van der Waals surface area (Å²) in [5.41, 5.74) is 1.05. The van der Waals surface area contributed by atoms with Crippen molar-refractivity contribution in [2.75, 3.05) is 0 Å². The van der Waals surface area contributed by atoms with Crippen LogP contribution in [-0.4, -0.2) is 48.6 Å². The summed E-state index contributed by atoms with van der Waals surface area (Å²) in [5, 5.41) is 15.6. The Balaban J connectivity index is 0.000000292. The molecule has 10 heteroatoms. The predicted molar refractivity (Wildman–Crippen MR) is 279 cm³/mol. The molecule has 352 valence electrons. The molecule has 0 aliphatic carbocycles. The summed E-state index contributed by atoms with van der Waals surface area (Å²) in [6, 6.07) is 65.8. The molecule has 7 aromatic carbocycles. The second-order valence-corrected chi connectivity index (χ2v) is 22.5. The van der Waals surface area contributed by atoms with Gasteiger partial charge in [-0.05, 0) is 126 Å². The van der Waals surface area contributed by atoms with Crippen molar-refractivity contribution < 1.29 is 63.2 Å². The van der Waals surface area contributed by atoms with Crippen LogP contribution >= 0.6 is 15.8 Å². The Morgan fingerprint density at radius 1 is 0.403 bits per heavy atom. The number of hydrogen-bond donors (Lipinski definition) is 1. The van der Waals surface area contributed by atoms with E-state index in [2.05, 4.69) is 60.7 Å². The Morgan fingerprint density at radius 2 is 0.642 bits per heavy atom. The third-order valence-electron chi connectivity index (χ3n) is 10.7. The Morgan fingerprint density at radius 3 is 0.881 bits per heavy atom. The summed E-state index contributed by atoms with van der Waals surface area (Å²) in [6.07, 6.45) is 0.110. The van der Waals surface area contributed by atoms with Crippen LogP contribution in [0.4, 0.5) is 0 Å². The Labute approximate surface area is 419 Å². The van der Waals surface area contributed by atoms with Gasteiger partial charge in [0.15, 0.2) is 11.6 Å². The number of Topliss-reactive ketones (excluding diaryl/α,β-unsaturated/α-hetero) is 2. The minimum Gasteiger partial charge on any atom is -0.335 e. The van der Waals surface area contributed by atoms with Crippen molar-refractivity contribution in [3.8, 4) is 0 Å².